The molecule has 3 rings (SSSR count). The molecule has 0 radical (unpaired) electrons. The molecule has 0 amide bonds. The summed E-state index contributed by atoms with van der Waals surface area (Å²) in [5.74, 6) is 0.798. The summed E-state index contributed by atoms with van der Waals surface area (Å²) in [6.45, 7) is 6.57. The number of benzene rings is 1. The first kappa shape index (κ1) is 16.9. The number of fused-ring (bicyclic) bond motifs is 1. The molecule has 0 bridgehead atoms. The van der Waals surface area contributed by atoms with Crippen LogP contribution in [0, 0.1) is 0 Å². The van der Waals surface area contributed by atoms with Crippen molar-refractivity contribution in [1.82, 2.24) is 9.97 Å². The highest BCUT2D eigenvalue weighted by atomic mass is 32.1. The molecular formula is C19H23N3OS. The summed E-state index contributed by atoms with van der Waals surface area (Å²) in [6, 6.07) is 8.74. The van der Waals surface area contributed by atoms with E-state index < -0.39 is 6.10 Å². The number of nitrogens with zero attached hydrogens (tertiary/aromatic N) is 2. The Balaban J connectivity index is 2.16. The Kier molecular flexibility index (Phi) is 5.11. The van der Waals surface area contributed by atoms with Gasteiger partial charge >= 0.3 is 0 Å². The van der Waals surface area contributed by atoms with Crippen molar-refractivity contribution in [3.63, 3.8) is 0 Å². The van der Waals surface area contributed by atoms with E-state index in [1.54, 1.807) is 24.6 Å². The van der Waals surface area contributed by atoms with Crippen LogP contribution in [0.4, 0.5) is 5.82 Å². The van der Waals surface area contributed by atoms with Crippen molar-refractivity contribution in [2.75, 3.05) is 11.9 Å². The highest BCUT2D eigenvalue weighted by Crippen LogP contribution is 2.41. The summed E-state index contributed by atoms with van der Waals surface area (Å²) < 4.78 is 0. The van der Waals surface area contributed by atoms with Gasteiger partial charge in [0.1, 0.15) is 17.0 Å². The molecule has 5 heteroatoms. The van der Waals surface area contributed by atoms with Crippen molar-refractivity contribution in [2.45, 2.75) is 39.7 Å². The summed E-state index contributed by atoms with van der Waals surface area (Å²) in [5, 5.41) is 13.9. The third-order valence-electron chi connectivity index (χ3n) is 4.10. The molecule has 0 spiro atoms. The monoisotopic (exact) mass is 341 g/mol. The normalized spacial score (nSPS) is 12.5. The fourth-order valence-electron chi connectivity index (χ4n) is 2.82. The van der Waals surface area contributed by atoms with E-state index in [0.717, 1.165) is 28.9 Å². The maximum atomic E-state index is 9.58. The molecule has 24 heavy (non-hydrogen) atoms. The van der Waals surface area contributed by atoms with E-state index in [0.29, 0.717) is 6.54 Å². The van der Waals surface area contributed by atoms with E-state index in [9.17, 15) is 5.11 Å². The maximum Gasteiger partial charge on any atom is 0.138 e. The van der Waals surface area contributed by atoms with Crippen LogP contribution in [0.15, 0.2) is 30.6 Å². The summed E-state index contributed by atoms with van der Waals surface area (Å²) in [4.78, 5) is 11.2. The van der Waals surface area contributed by atoms with E-state index in [1.165, 1.54) is 21.6 Å². The van der Waals surface area contributed by atoms with Crippen LogP contribution >= 0.6 is 11.3 Å². The van der Waals surface area contributed by atoms with E-state index in [1.807, 2.05) is 0 Å². The van der Waals surface area contributed by atoms with Gasteiger partial charge < -0.3 is 10.4 Å². The summed E-state index contributed by atoms with van der Waals surface area (Å²) >= 11 is 1.72. The molecule has 0 aliphatic rings. The van der Waals surface area contributed by atoms with Gasteiger partial charge in [0.15, 0.2) is 0 Å². The van der Waals surface area contributed by atoms with Gasteiger partial charge in [0, 0.05) is 17.0 Å². The van der Waals surface area contributed by atoms with Gasteiger partial charge in [0.25, 0.3) is 0 Å². The minimum Gasteiger partial charge on any atom is -0.392 e. The number of aromatic nitrogens is 2. The molecule has 126 valence electrons. The number of rotatable bonds is 6. The zero-order valence-corrected chi connectivity index (χ0v) is 15.2. The quantitative estimate of drug-likeness (QED) is 0.703. The Labute approximate surface area is 146 Å². The van der Waals surface area contributed by atoms with Gasteiger partial charge in [0.05, 0.1) is 11.5 Å². The van der Waals surface area contributed by atoms with Crippen molar-refractivity contribution < 1.29 is 5.11 Å². The predicted molar refractivity (Wildman–Crippen MR) is 102 cm³/mol. The molecule has 1 atom stereocenters. The minimum absolute atomic E-state index is 0.424. The van der Waals surface area contributed by atoms with Gasteiger partial charge in [-0.05, 0) is 30.9 Å². The minimum atomic E-state index is -0.424. The molecule has 2 N–H and O–H groups in total. The second kappa shape index (κ2) is 7.28. The number of anilines is 1. The van der Waals surface area contributed by atoms with Gasteiger partial charge in [-0.1, -0.05) is 38.1 Å². The standard InChI is InChI=1S/C19H23N3OS/c1-4-13-6-8-14(9-7-13)16-15(5-2)24-19-17(16)18(21-11-22-19)20-10-12(3)23/h6-9,11-12,23H,4-5,10H2,1-3H3,(H,20,21,22). The second-order valence-corrected chi connectivity index (χ2v) is 7.02. The van der Waals surface area contributed by atoms with Crippen molar-refractivity contribution in [2.24, 2.45) is 0 Å². The van der Waals surface area contributed by atoms with Crippen LogP contribution < -0.4 is 5.32 Å². The number of aliphatic hydroxyl groups is 1. The predicted octanol–water partition coefficient (Wildman–Crippen LogP) is 4.28. The molecule has 0 saturated heterocycles. The SMILES string of the molecule is CCc1ccc(-c2c(CC)sc3ncnc(NCC(C)O)c23)cc1. The first-order chi connectivity index (χ1) is 11.6. The zero-order chi connectivity index (χ0) is 17.1. The average molecular weight is 341 g/mol. The molecule has 2 aromatic heterocycles. The summed E-state index contributed by atoms with van der Waals surface area (Å²) in [7, 11) is 0. The molecule has 1 unspecified atom stereocenters. The lowest BCUT2D eigenvalue weighted by molar-refractivity contribution is 0.208. The van der Waals surface area contributed by atoms with Crippen LogP contribution in [-0.4, -0.2) is 27.7 Å². The van der Waals surface area contributed by atoms with E-state index >= 15 is 0 Å². The Bertz CT molecular complexity index is 824. The molecular weight excluding hydrogens is 318 g/mol. The van der Waals surface area contributed by atoms with Crippen molar-refractivity contribution in [3.05, 3.63) is 41.0 Å². The fourth-order valence-corrected chi connectivity index (χ4v) is 3.92. The van der Waals surface area contributed by atoms with Crippen LogP contribution in [-0.2, 0) is 12.8 Å². The highest BCUT2D eigenvalue weighted by molar-refractivity contribution is 7.19. The highest BCUT2D eigenvalue weighted by Gasteiger charge is 2.18. The van der Waals surface area contributed by atoms with Gasteiger partial charge in [-0.2, -0.15) is 0 Å². The Morgan fingerprint density at radius 2 is 1.88 bits per heavy atom. The van der Waals surface area contributed by atoms with Gasteiger partial charge in [-0.3, -0.25) is 0 Å². The smallest absolute Gasteiger partial charge is 0.138 e. The van der Waals surface area contributed by atoms with Gasteiger partial charge in [-0.25, -0.2) is 9.97 Å². The maximum absolute atomic E-state index is 9.58. The van der Waals surface area contributed by atoms with Crippen LogP contribution in [0.25, 0.3) is 21.3 Å². The molecule has 0 fully saturated rings. The largest absolute Gasteiger partial charge is 0.392 e. The number of hydrogen-bond acceptors (Lipinski definition) is 5. The lowest BCUT2D eigenvalue weighted by atomic mass is 10.00. The molecule has 0 aliphatic carbocycles. The van der Waals surface area contributed by atoms with Gasteiger partial charge in [-0.15, -0.1) is 11.3 Å². The third kappa shape index (κ3) is 3.28. The summed E-state index contributed by atoms with van der Waals surface area (Å²) in [6.07, 6.45) is 3.16. The lowest BCUT2D eigenvalue weighted by Gasteiger charge is -2.11. The molecule has 2 heterocycles. The number of hydrogen-bond donors (Lipinski definition) is 2. The van der Waals surface area contributed by atoms with Crippen LogP contribution in [0.5, 0.6) is 0 Å². The molecule has 0 saturated carbocycles. The van der Waals surface area contributed by atoms with Crippen molar-refractivity contribution in [3.8, 4) is 11.1 Å². The number of nitrogens with one attached hydrogen (secondary N) is 1. The molecule has 4 nitrogen and oxygen atoms in total. The van der Waals surface area contributed by atoms with E-state index in [2.05, 4.69) is 53.4 Å². The fraction of sp³-hybridized carbons (Fsp3) is 0.368. The number of aliphatic hydroxyl groups excluding tert-OH is 1. The molecule has 0 aliphatic heterocycles. The topological polar surface area (TPSA) is 58.0 Å². The summed E-state index contributed by atoms with van der Waals surface area (Å²) in [5.41, 5.74) is 3.75. The number of thiophene rings is 1. The van der Waals surface area contributed by atoms with E-state index in [-0.39, 0.29) is 0 Å². The molecule has 3 aromatic rings. The average Bonchev–Trinajstić information content (AvgIpc) is 2.99. The second-order valence-electron chi connectivity index (χ2n) is 5.94. The van der Waals surface area contributed by atoms with Crippen molar-refractivity contribution >= 4 is 27.4 Å². The Morgan fingerprint density at radius 3 is 2.50 bits per heavy atom. The Morgan fingerprint density at radius 1 is 1.12 bits per heavy atom. The van der Waals surface area contributed by atoms with Crippen LogP contribution in [0.3, 0.4) is 0 Å². The van der Waals surface area contributed by atoms with Crippen LogP contribution in [0.1, 0.15) is 31.2 Å². The molecule has 1 aromatic carbocycles. The Hall–Kier alpha value is -1.98. The van der Waals surface area contributed by atoms with Crippen LogP contribution in [0.2, 0.25) is 0 Å². The van der Waals surface area contributed by atoms with E-state index in [4.69, 9.17) is 0 Å². The lowest BCUT2D eigenvalue weighted by Crippen LogP contribution is -2.16. The first-order valence-corrected chi connectivity index (χ1v) is 9.23. The zero-order valence-electron chi connectivity index (χ0n) is 14.3. The first-order valence-electron chi connectivity index (χ1n) is 8.41. The van der Waals surface area contributed by atoms with Crippen molar-refractivity contribution in [1.29, 1.82) is 0 Å². The van der Waals surface area contributed by atoms with Gasteiger partial charge in [0.2, 0.25) is 0 Å². The third-order valence-corrected chi connectivity index (χ3v) is 5.34. The number of aryl methyl sites for hydroxylation is 2.